The van der Waals surface area contributed by atoms with Gasteiger partial charge in [0, 0.05) is 25.2 Å². The van der Waals surface area contributed by atoms with Crippen molar-refractivity contribution >= 4 is 17.5 Å². The average molecular weight is 283 g/mol. The number of carbonyl (C=O) groups is 1. The van der Waals surface area contributed by atoms with Gasteiger partial charge in [0.25, 0.3) is 0 Å². The molecule has 1 heterocycles. The molecule has 2 rings (SSSR count). The smallest absolute Gasteiger partial charge is 0.234 e. The zero-order valence-electron chi connectivity index (χ0n) is 11.2. The standard InChI is InChI=1S/C14H19ClN2O2/c1-9-3-4-10(5-12(9)15)7-17-8-11(19-2)6-13(17)14(16)18/h3-5,11,13H,6-8H2,1-2H3,(H2,16,18)/t11-,13-/m0/s1. The number of nitrogens with zero attached hydrogens (tertiary/aromatic N) is 1. The fourth-order valence-corrected chi connectivity index (χ4v) is 2.68. The zero-order valence-corrected chi connectivity index (χ0v) is 12.0. The van der Waals surface area contributed by atoms with Gasteiger partial charge >= 0.3 is 0 Å². The van der Waals surface area contributed by atoms with Gasteiger partial charge in [0.15, 0.2) is 0 Å². The van der Waals surface area contributed by atoms with Crippen LogP contribution in [-0.2, 0) is 16.1 Å². The minimum atomic E-state index is -0.294. The number of amides is 1. The maximum absolute atomic E-state index is 11.5. The predicted octanol–water partition coefficient (Wildman–Crippen LogP) is 1.72. The number of nitrogens with two attached hydrogens (primary N) is 1. The molecule has 5 heteroatoms. The van der Waals surface area contributed by atoms with Crippen molar-refractivity contribution in [3.05, 3.63) is 34.3 Å². The zero-order chi connectivity index (χ0) is 14.0. The number of halogens is 1. The van der Waals surface area contributed by atoms with Crippen LogP contribution < -0.4 is 5.73 Å². The van der Waals surface area contributed by atoms with E-state index < -0.39 is 0 Å². The highest BCUT2D eigenvalue weighted by molar-refractivity contribution is 6.31. The third kappa shape index (κ3) is 3.26. The molecule has 1 aliphatic rings. The highest BCUT2D eigenvalue weighted by atomic mass is 35.5. The second kappa shape index (κ2) is 5.90. The van der Waals surface area contributed by atoms with Gasteiger partial charge in [-0.05, 0) is 30.5 Å². The largest absolute Gasteiger partial charge is 0.380 e. The van der Waals surface area contributed by atoms with Gasteiger partial charge in [-0.1, -0.05) is 23.7 Å². The highest BCUT2D eigenvalue weighted by Crippen LogP contribution is 2.24. The molecule has 0 spiro atoms. The Kier molecular flexibility index (Phi) is 4.45. The SMILES string of the molecule is CO[C@H]1C[C@@H](C(N)=O)N(Cc2ccc(C)c(Cl)c2)C1. The Morgan fingerprint density at radius 3 is 2.89 bits per heavy atom. The summed E-state index contributed by atoms with van der Waals surface area (Å²) in [5.74, 6) is -0.294. The number of likely N-dealkylation sites (tertiary alicyclic amines) is 1. The molecule has 19 heavy (non-hydrogen) atoms. The van der Waals surface area contributed by atoms with Crippen LogP contribution in [-0.4, -0.2) is 36.6 Å². The fourth-order valence-electron chi connectivity index (χ4n) is 2.47. The summed E-state index contributed by atoms with van der Waals surface area (Å²) in [6, 6.07) is 5.69. The first-order chi connectivity index (χ1) is 9.01. The second-order valence-electron chi connectivity index (χ2n) is 5.02. The van der Waals surface area contributed by atoms with E-state index in [1.54, 1.807) is 7.11 Å². The molecule has 104 valence electrons. The molecule has 4 nitrogen and oxygen atoms in total. The van der Waals surface area contributed by atoms with E-state index in [0.29, 0.717) is 13.0 Å². The molecule has 1 aromatic carbocycles. The van der Waals surface area contributed by atoms with E-state index in [2.05, 4.69) is 4.90 Å². The molecule has 1 aromatic rings. The molecule has 2 N–H and O–H groups in total. The number of benzene rings is 1. The molecule has 1 aliphatic heterocycles. The van der Waals surface area contributed by atoms with Crippen molar-refractivity contribution in [2.24, 2.45) is 5.73 Å². The first-order valence-corrected chi connectivity index (χ1v) is 6.70. The van der Waals surface area contributed by atoms with Crippen molar-refractivity contribution in [3.8, 4) is 0 Å². The van der Waals surface area contributed by atoms with E-state index in [9.17, 15) is 4.79 Å². The van der Waals surface area contributed by atoms with Crippen molar-refractivity contribution in [1.82, 2.24) is 4.90 Å². The van der Waals surface area contributed by atoms with Gasteiger partial charge in [-0.3, -0.25) is 9.69 Å². The number of rotatable bonds is 4. The quantitative estimate of drug-likeness (QED) is 0.915. The van der Waals surface area contributed by atoms with Gasteiger partial charge in [-0.25, -0.2) is 0 Å². The number of primary amides is 1. The first kappa shape index (κ1) is 14.3. The Morgan fingerprint density at radius 2 is 2.32 bits per heavy atom. The second-order valence-corrected chi connectivity index (χ2v) is 5.43. The molecule has 1 saturated heterocycles. The van der Waals surface area contributed by atoms with Gasteiger partial charge in [0.2, 0.25) is 5.91 Å². The van der Waals surface area contributed by atoms with Crippen LogP contribution in [0.1, 0.15) is 17.5 Å². The summed E-state index contributed by atoms with van der Waals surface area (Å²) < 4.78 is 5.33. The summed E-state index contributed by atoms with van der Waals surface area (Å²) in [5, 5.41) is 0.746. The third-order valence-electron chi connectivity index (χ3n) is 3.65. The third-order valence-corrected chi connectivity index (χ3v) is 4.06. The molecule has 2 atom stereocenters. The van der Waals surface area contributed by atoms with E-state index in [1.807, 2.05) is 25.1 Å². The molecule has 0 saturated carbocycles. The number of aryl methyl sites for hydroxylation is 1. The van der Waals surface area contributed by atoms with Crippen molar-refractivity contribution in [2.45, 2.75) is 32.0 Å². The van der Waals surface area contributed by atoms with Gasteiger partial charge in [0.1, 0.15) is 0 Å². The average Bonchev–Trinajstić information content (AvgIpc) is 2.77. The molecule has 1 amide bonds. The lowest BCUT2D eigenvalue weighted by atomic mass is 10.1. The molecule has 0 aliphatic carbocycles. The van der Waals surface area contributed by atoms with Crippen molar-refractivity contribution in [3.63, 3.8) is 0 Å². The monoisotopic (exact) mass is 282 g/mol. The van der Waals surface area contributed by atoms with Crippen LogP contribution in [0.2, 0.25) is 5.02 Å². The molecular weight excluding hydrogens is 264 g/mol. The van der Waals surface area contributed by atoms with Gasteiger partial charge < -0.3 is 10.5 Å². The topological polar surface area (TPSA) is 55.6 Å². The summed E-state index contributed by atoms with van der Waals surface area (Å²) in [6.45, 7) is 3.35. The van der Waals surface area contributed by atoms with E-state index in [4.69, 9.17) is 22.1 Å². The number of hydrogen-bond donors (Lipinski definition) is 1. The minimum absolute atomic E-state index is 0.0680. The van der Waals surface area contributed by atoms with E-state index in [-0.39, 0.29) is 18.1 Å². The summed E-state index contributed by atoms with van der Waals surface area (Å²) >= 11 is 6.12. The van der Waals surface area contributed by atoms with Gasteiger partial charge in [-0.15, -0.1) is 0 Å². The van der Waals surface area contributed by atoms with Crippen LogP contribution in [0.4, 0.5) is 0 Å². The van der Waals surface area contributed by atoms with Crippen LogP contribution in [0, 0.1) is 6.92 Å². The number of methoxy groups -OCH3 is 1. The summed E-state index contributed by atoms with van der Waals surface area (Å²) in [4.78, 5) is 13.5. The van der Waals surface area contributed by atoms with E-state index in [1.165, 1.54) is 0 Å². The summed E-state index contributed by atoms with van der Waals surface area (Å²) in [7, 11) is 1.66. The van der Waals surface area contributed by atoms with Gasteiger partial charge in [0.05, 0.1) is 12.1 Å². The van der Waals surface area contributed by atoms with Crippen LogP contribution in [0.3, 0.4) is 0 Å². The van der Waals surface area contributed by atoms with Crippen LogP contribution in [0.25, 0.3) is 0 Å². The Bertz CT molecular complexity index is 479. The van der Waals surface area contributed by atoms with Crippen molar-refractivity contribution in [1.29, 1.82) is 0 Å². The van der Waals surface area contributed by atoms with Crippen LogP contribution in [0.5, 0.6) is 0 Å². The van der Waals surface area contributed by atoms with Gasteiger partial charge in [-0.2, -0.15) is 0 Å². The Balaban J connectivity index is 2.12. The van der Waals surface area contributed by atoms with Crippen molar-refractivity contribution < 1.29 is 9.53 Å². The molecule has 0 unspecified atom stereocenters. The lowest BCUT2D eigenvalue weighted by molar-refractivity contribution is -0.122. The van der Waals surface area contributed by atoms with E-state index >= 15 is 0 Å². The minimum Gasteiger partial charge on any atom is -0.380 e. The molecule has 0 aromatic heterocycles. The van der Waals surface area contributed by atoms with E-state index in [0.717, 1.165) is 22.7 Å². The molecule has 0 radical (unpaired) electrons. The normalized spacial score (nSPS) is 23.7. The van der Waals surface area contributed by atoms with Crippen LogP contribution >= 0.6 is 11.6 Å². The lowest BCUT2D eigenvalue weighted by Crippen LogP contribution is -2.39. The number of hydrogen-bond acceptors (Lipinski definition) is 3. The summed E-state index contributed by atoms with van der Waals surface area (Å²) in [6.07, 6.45) is 0.726. The highest BCUT2D eigenvalue weighted by Gasteiger charge is 2.35. The molecule has 0 bridgehead atoms. The maximum atomic E-state index is 11.5. The Labute approximate surface area is 118 Å². The maximum Gasteiger partial charge on any atom is 0.234 e. The van der Waals surface area contributed by atoms with Crippen LogP contribution in [0.15, 0.2) is 18.2 Å². The Hall–Kier alpha value is -1.10. The predicted molar refractivity (Wildman–Crippen MR) is 75.0 cm³/mol. The Morgan fingerprint density at radius 1 is 1.58 bits per heavy atom. The molecule has 1 fully saturated rings. The number of carbonyl (C=O) groups excluding carboxylic acids is 1. The summed E-state index contributed by atoms with van der Waals surface area (Å²) in [5.41, 5.74) is 7.58. The van der Waals surface area contributed by atoms with Crippen molar-refractivity contribution in [2.75, 3.05) is 13.7 Å². The first-order valence-electron chi connectivity index (χ1n) is 6.32. The lowest BCUT2D eigenvalue weighted by Gasteiger charge is -2.21. The number of ether oxygens (including phenoxy) is 1. The molecular formula is C14H19ClN2O2. The fraction of sp³-hybridized carbons (Fsp3) is 0.500.